The van der Waals surface area contributed by atoms with E-state index in [4.69, 9.17) is 5.73 Å². The maximum absolute atomic E-state index is 11.6. The van der Waals surface area contributed by atoms with Crippen LogP contribution >= 0.6 is 0 Å². The standard InChI is InChI=1S/C13H17N5O2/c14-7-10(19)18-5-2-8(3-6-18)9-1-4-15-12-11(9)16-13(20)17-12/h1,4,8H,2-3,5-7,14H2,(H2,15,16,17,20). The third kappa shape index (κ3) is 2.20. The van der Waals surface area contributed by atoms with Crippen LogP contribution in [0.1, 0.15) is 24.3 Å². The van der Waals surface area contributed by atoms with Crippen LogP contribution < -0.4 is 11.4 Å². The molecule has 0 aliphatic carbocycles. The Bertz CT molecular complexity index is 681. The van der Waals surface area contributed by atoms with Crippen molar-refractivity contribution in [1.82, 2.24) is 19.9 Å². The summed E-state index contributed by atoms with van der Waals surface area (Å²) in [6.45, 7) is 1.48. The molecule has 7 nitrogen and oxygen atoms in total. The molecule has 1 amide bonds. The van der Waals surface area contributed by atoms with Crippen LogP contribution in [-0.2, 0) is 4.79 Å². The van der Waals surface area contributed by atoms with Gasteiger partial charge in [0, 0.05) is 19.3 Å². The minimum atomic E-state index is -0.240. The Kier molecular flexibility index (Phi) is 3.27. The van der Waals surface area contributed by atoms with Crippen molar-refractivity contribution in [1.29, 1.82) is 0 Å². The zero-order valence-electron chi connectivity index (χ0n) is 11.1. The number of H-pyrrole nitrogens is 2. The van der Waals surface area contributed by atoms with Crippen molar-refractivity contribution in [3.8, 4) is 0 Å². The number of pyridine rings is 1. The number of aromatic amines is 2. The molecule has 0 aromatic carbocycles. The largest absolute Gasteiger partial charge is 0.342 e. The minimum absolute atomic E-state index is 0.00150. The highest BCUT2D eigenvalue weighted by Crippen LogP contribution is 2.30. The highest BCUT2D eigenvalue weighted by Gasteiger charge is 2.24. The summed E-state index contributed by atoms with van der Waals surface area (Å²) in [6.07, 6.45) is 3.45. The summed E-state index contributed by atoms with van der Waals surface area (Å²) in [5.74, 6) is 0.326. The maximum atomic E-state index is 11.6. The molecule has 1 saturated heterocycles. The van der Waals surface area contributed by atoms with Crippen LogP contribution in [0.5, 0.6) is 0 Å². The van der Waals surface area contributed by atoms with Crippen LogP contribution in [0.3, 0.4) is 0 Å². The molecule has 0 unspecified atom stereocenters. The van der Waals surface area contributed by atoms with Crippen LogP contribution in [0.25, 0.3) is 11.2 Å². The summed E-state index contributed by atoms with van der Waals surface area (Å²) in [5, 5.41) is 0. The van der Waals surface area contributed by atoms with Crippen molar-refractivity contribution in [3.63, 3.8) is 0 Å². The number of nitrogens with one attached hydrogen (secondary N) is 2. The number of piperidine rings is 1. The predicted molar refractivity (Wildman–Crippen MR) is 74.3 cm³/mol. The number of rotatable bonds is 2. The fourth-order valence-electron chi connectivity index (χ4n) is 2.86. The molecule has 3 rings (SSSR count). The fourth-order valence-corrected chi connectivity index (χ4v) is 2.86. The van der Waals surface area contributed by atoms with Gasteiger partial charge in [0.1, 0.15) is 0 Å². The molecule has 20 heavy (non-hydrogen) atoms. The topological polar surface area (TPSA) is 108 Å². The Balaban J connectivity index is 1.83. The summed E-state index contributed by atoms with van der Waals surface area (Å²) < 4.78 is 0. The van der Waals surface area contributed by atoms with Gasteiger partial charge in [0.05, 0.1) is 12.1 Å². The third-order valence-electron chi connectivity index (χ3n) is 3.92. The molecule has 3 heterocycles. The SMILES string of the molecule is NCC(=O)N1CCC(c2ccnc3[nH]c(=O)[nH]c23)CC1. The molecule has 2 aromatic rings. The van der Waals surface area contributed by atoms with E-state index in [1.165, 1.54) is 0 Å². The average Bonchev–Trinajstić information content (AvgIpc) is 2.86. The van der Waals surface area contributed by atoms with Crippen molar-refractivity contribution in [2.45, 2.75) is 18.8 Å². The normalized spacial score (nSPS) is 16.8. The van der Waals surface area contributed by atoms with Gasteiger partial charge >= 0.3 is 5.69 Å². The van der Waals surface area contributed by atoms with Crippen molar-refractivity contribution < 1.29 is 4.79 Å². The number of aromatic nitrogens is 3. The zero-order valence-corrected chi connectivity index (χ0v) is 11.1. The molecule has 1 aliphatic heterocycles. The molecule has 106 valence electrons. The quantitative estimate of drug-likeness (QED) is 0.712. The lowest BCUT2D eigenvalue weighted by atomic mass is 9.89. The molecular formula is C13H17N5O2. The van der Waals surface area contributed by atoms with E-state index >= 15 is 0 Å². The molecule has 0 bridgehead atoms. The molecule has 7 heteroatoms. The van der Waals surface area contributed by atoms with E-state index < -0.39 is 0 Å². The van der Waals surface area contributed by atoms with Crippen LogP contribution in [0.15, 0.2) is 17.1 Å². The fraction of sp³-hybridized carbons (Fsp3) is 0.462. The second-order valence-electron chi connectivity index (χ2n) is 5.06. The number of carbonyl (C=O) groups is 1. The summed E-state index contributed by atoms with van der Waals surface area (Å²) >= 11 is 0. The van der Waals surface area contributed by atoms with Gasteiger partial charge < -0.3 is 15.6 Å². The molecule has 1 aliphatic rings. The van der Waals surface area contributed by atoms with Gasteiger partial charge in [-0.25, -0.2) is 9.78 Å². The van der Waals surface area contributed by atoms with Crippen molar-refractivity contribution >= 4 is 17.1 Å². The first-order chi connectivity index (χ1) is 9.69. The molecule has 0 radical (unpaired) electrons. The van der Waals surface area contributed by atoms with Gasteiger partial charge in [-0.15, -0.1) is 0 Å². The molecule has 0 atom stereocenters. The molecule has 4 N–H and O–H groups in total. The predicted octanol–water partition coefficient (Wildman–Crippen LogP) is -0.0841. The number of carbonyl (C=O) groups excluding carboxylic acids is 1. The monoisotopic (exact) mass is 275 g/mol. The lowest BCUT2D eigenvalue weighted by Gasteiger charge is -2.32. The van der Waals surface area contributed by atoms with Crippen LogP contribution in [0.2, 0.25) is 0 Å². The second kappa shape index (κ2) is 5.09. The molecule has 2 aromatic heterocycles. The number of nitrogens with zero attached hydrogens (tertiary/aromatic N) is 2. The number of amides is 1. The third-order valence-corrected chi connectivity index (χ3v) is 3.92. The van der Waals surface area contributed by atoms with E-state index in [2.05, 4.69) is 15.0 Å². The number of hydrogen-bond donors (Lipinski definition) is 3. The van der Waals surface area contributed by atoms with E-state index in [1.807, 2.05) is 6.07 Å². The van der Waals surface area contributed by atoms with Gasteiger partial charge in [-0.1, -0.05) is 0 Å². The molecule has 1 fully saturated rings. The van der Waals surface area contributed by atoms with Crippen molar-refractivity contribution in [2.75, 3.05) is 19.6 Å². The smallest absolute Gasteiger partial charge is 0.325 e. The molecular weight excluding hydrogens is 258 g/mol. The van der Waals surface area contributed by atoms with E-state index in [0.29, 0.717) is 24.7 Å². The number of fused-ring (bicyclic) bond motifs is 1. The second-order valence-corrected chi connectivity index (χ2v) is 5.06. The van der Waals surface area contributed by atoms with E-state index in [9.17, 15) is 9.59 Å². The first-order valence-corrected chi connectivity index (χ1v) is 6.74. The van der Waals surface area contributed by atoms with E-state index in [1.54, 1.807) is 11.1 Å². The maximum Gasteiger partial charge on any atom is 0.325 e. The van der Waals surface area contributed by atoms with E-state index in [0.717, 1.165) is 23.9 Å². The van der Waals surface area contributed by atoms with Gasteiger partial charge in [0.25, 0.3) is 0 Å². The first kappa shape index (κ1) is 12.9. The lowest BCUT2D eigenvalue weighted by Crippen LogP contribution is -2.41. The molecule has 0 spiro atoms. The summed E-state index contributed by atoms with van der Waals surface area (Å²) in [5.41, 5.74) is 7.60. The van der Waals surface area contributed by atoms with Crippen molar-refractivity contribution in [2.24, 2.45) is 5.73 Å². The average molecular weight is 275 g/mol. The van der Waals surface area contributed by atoms with Crippen LogP contribution in [0.4, 0.5) is 0 Å². The molecule has 0 saturated carbocycles. The Morgan fingerprint density at radius 1 is 1.40 bits per heavy atom. The number of hydrogen-bond acceptors (Lipinski definition) is 4. The number of likely N-dealkylation sites (tertiary alicyclic amines) is 1. The summed E-state index contributed by atoms with van der Waals surface area (Å²) in [7, 11) is 0. The van der Waals surface area contributed by atoms with Gasteiger partial charge in [-0.3, -0.25) is 9.78 Å². The minimum Gasteiger partial charge on any atom is -0.342 e. The van der Waals surface area contributed by atoms with Gasteiger partial charge in [0.2, 0.25) is 5.91 Å². The Labute approximate surface area is 115 Å². The van der Waals surface area contributed by atoms with Crippen LogP contribution in [-0.4, -0.2) is 45.4 Å². The highest BCUT2D eigenvalue weighted by molar-refractivity contribution is 5.78. The van der Waals surface area contributed by atoms with Gasteiger partial charge in [0.15, 0.2) is 5.65 Å². The number of nitrogens with two attached hydrogens (primary N) is 1. The summed E-state index contributed by atoms with van der Waals surface area (Å²) in [4.78, 5) is 34.4. The van der Waals surface area contributed by atoms with E-state index in [-0.39, 0.29) is 18.1 Å². The number of imidazole rings is 1. The summed E-state index contributed by atoms with van der Waals surface area (Å²) in [6, 6.07) is 1.94. The Morgan fingerprint density at radius 3 is 2.85 bits per heavy atom. The van der Waals surface area contributed by atoms with Crippen molar-refractivity contribution in [3.05, 3.63) is 28.3 Å². The Morgan fingerprint density at radius 2 is 2.15 bits per heavy atom. The Hall–Kier alpha value is -2.15. The highest BCUT2D eigenvalue weighted by atomic mass is 16.2. The van der Waals surface area contributed by atoms with Gasteiger partial charge in [-0.05, 0) is 30.4 Å². The first-order valence-electron chi connectivity index (χ1n) is 6.74. The lowest BCUT2D eigenvalue weighted by molar-refractivity contribution is -0.130. The van der Waals surface area contributed by atoms with Crippen LogP contribution in [0, 0.1) is 0 Å². The zero-order chi connectivity index (χ0) is 14.1. The van der Waals surface area contributed by atoms with Gasteiger partial charge in [-0.2, -0.15) is 0 Å².